The van der Waals surface area contributed by atoms with Crippen molar-refractivity contribution in [3.63, 3.8) is 0 Å². The van der Waals surface area contributed by atoms with Crippen molar-refractivity contribution in [3.05, 3.63) is 53.9 Å². The van der Waals surface area contributed by atoms with Crippen LogP contribution in [0, 0.1) is 0 Å². The number of carbonyl (C=O) groups excluding carboxylic acids is 2. The Morgan fingerprint density at radius 1 is 1.29 bits per heavy atom. The molecule has 0 saturated heterocycles. The minimum Gasteiger partial charge on any atom is -0.350 e. The second-order valence-electron chi connectivity index (χ2n) is 5.63. The van der Waals surface area contributed by atoms with E-state index >= 15 is 0 Å². The molecule has 0 aliphatic rings. The number of carbonyl (C=O) groups is 2. The number of hydrogen-bond acceptors (Lipinski definition) is 4. The Bertz CT molecular complexity index is 683. The first kappa shape index (κ1) is 17.7. The number of hydrogen-bond donors (Lipinski definition) is 2. The first-order chi connectivity index (χ1) is 11.5. The van der Waals surface area contributed by atoms with E-state index in [0.29, 0.717) is 6.54 Å². The van der Waals surface area contributed by atoms with Crippen molar-refractivity contribution in [3.8, 4) is 0 Å². The van der Waals surface area contributed by atoms with Crippen LogP contribution >= 0.6 is 0 Å². The van der Waals surface area contributed by atoms with E-state index in [0.717, 1.165) is 11.1 Å². The van der Waals surface area contributed by atoms with Crippen LogP contribution in [-0.2, 0) is 23.2 Å². The molecular weight excluding hydrogens is 306 g/mol. The Hall–Kier alpha value is -2.67. The number of aryl methyl sites for hydroxylation is 1. The molecule has 7 nitrogen and oxygen atoms in total. The lowest BCUT2D eigenvalue weighted by atomic mass is 10.1. The topological polar surface area (TPSA) is 79.3 Å². The molecule has 0 radical (unpaired) electrons. The van der Waals surface area contributed by atoms with Gasteiger partial charge in [0.1, 0.15) is 6.04 Å². The molecule has 2 N–H and O–H groups in total. The van der Waals surface area contributed by atoms with Gasteiger partial charge in [0, 0.05) is 32.4 Å². The van der Waals surface area contributed by atoms with Gasteiger partial charge >= 0.3 is 0 Å². The first-order valence-electron chi connectivity index (χ1n) is 7.72. The van der Waals surface area contributed by atoms with E-state index in [4.69, 9.17) is 0 Å². The average Bonchev–Trinajstić information content (AvgIpc) is 3.00. The summed E-state index contributed by atoms with van der Waals surface area (Å²) in [6.45, 7) is 0.448. The first-order valence-corrected chi connectivity index (χ1v) is 7.72. The molecule has 0 saturated carbocycles. The van der Waals surface area contributed by atoms with Crippen molar-refractivity contribution in [2.45, 2.75) is 12.6 Å². The van der Waals surface area contributed by atoms with E-state index in [-0.39, 0.29) is 18.4 Å². The zero-order chi connectivity index (χ0) is 17.5. The molecular formula is C17H23N5O2. The van der Waals surface area contributed by atoms with Gasteiger partial charge in [0.05, 0.1) is 12.7 Å². The predicted molar refractivity (Wildman–Crippen MR) is 90.9 cm³/mol. The molecule has 1 unspecified atom stereocenters. The molecule has 1 aromatic carbocycles. The van der Waals surface area contributed by atoms with E-state index in [1.54, 1.807) is 38.2 Å². The fourth-order valence-electron chi connectivity index (χ4n) is 2.39. The molecule has 7 heteroatoms. The molecule has 1 aromatic heterocycles. The van der Waals surface area contributed by atoms with Crippen molar-refractivity contribution < 1.29 is 9.59 Å². The fourth-order valence-corrected chi connectivity index (χ4v) is 2.39. The second-order valence-corrected chi connectivity index (χ2v) is 5.63. The van der Waals surface area contributed by atoms with Gasteiger partial charge in [-0.05, 0) is 12.6 Å². The van der Waals surface area contributed by atoms with E-state index in [9.17, 15) is 9.59 Å². The summed E-state index contributed by atoms with van der Waals surface area (Å²) in [5.41, 5.74) is 1.78. The summed E-state index contributed by atoms with van der Waals surface area (Å²) in [5, 5.41) is 9.86. The van der Waals surface area contributed by atoms with Crippen LogP contribution in [-0.4, -0.2) is 47.1 Å². The normalized spacial score (nSPS) is 11.8. The average molecular weight is 329 g/mol. The van der Waals surface area contributed by atoms with Gasteiger partial charge in [0.15, 0.2) is 0 Å². The molecule has 24 heavy (non-hydrogen) atoms. The third-order valence-electron chi connectivity index (χ3n) is 3.68. The van der Waals surface area contributed by atoms with Crippen LogP contribution in [0.2, 0.25) is 0 Å². The van der Waals surface area contributed by atoms with Gasteiger partial charge in [-0.25, -0.2) is 0 Å². The van der Waals surface area contributed by atoms with Gasteiger partial charge < -0.3 is 15.5 Å². The lowest BCUT2D eigenvalue weighted by Gasteiger charge is -2.22. The molecule has 2 amide bonds. The van der Waals surface area contributed by atoms with E-state index in [2.05, 4.69) is 15.7 Å². The quantitative estimate of drug-likeness (QED) is 0.773. The maximum atomic E-state index is 12.5. The van der Waals surface area contributed by atoms with Gasteiger partial charge in [0.25, 0.3) is 0 Å². The Kier molecular flexibility index (Phi) is 6.08. The Labute approximate surface area is 141 Å². The van der Waals surface area contributed by atoms with Crippen LogP contribution in [0.25, 0.3) is 0 Å². The summed E-state index contributed by atoms with van der Waals surface area (Å²) < 4.78 is 1.64. The largest absolute Gasteiger partial charge is 0.350 e. The van der Waals surface area contributed by atoms with Gasteiger partial charge in [-0.2, -0.15) is 5.10 Å². The molecule has 1 atom stereocenters. The van der Waals surface area contributed by atoms with Crippen LogP contribution in [0.5, 0.6) is 0 Å². The highest BCUT2D eigenvalue weighted by atomic mass is 16.2. The molecule has 0 spiro atoms. The monoisotopic (exact) mass is 329 g/mol. The highest BCUT2D eigenvalue weighted by molar-refractivity contribution is 5.88. The summed E-state index contributed by atoms with van der Waals surface area (Å²) in [7, 11) is 5.12. The van der Waals surface area contributed by atoms with Crippen molar-refractivity contribution >= 4 is 11.8 Å². The zero-order valence-electron chi connectivity index (χ0n) is 14.2. The zero-order valence-corrected chi connectivity index (χ0v) is 14.2. The standard InChI is InChI=1S/C17H23N5O2/c1-18-16(14-10-20-22(3)11-14)17(24)21(2)12-15(23)19-9-13-7-5-4-6-8-13/h4-8,10-11,16,18H,9,12H2,1-3H3,(H,19,23). The third-order valence-corrected chi connectivity index (χ3v) is 3.68. The van der Waals surface area contributed by atoms with Gasteiger partial charge in [0.2, 0.25) is 11.8 Å². The number of nitrogens with one attached hydrogen (secondary N) is 2. The molecule has 0 aliphatic carbocycles. The lowest BCUT2D eigenvalue weighted by molar-refractivity contribution is -0.136. The summed E-state index contributed by atoms with van der Waals surface area (Å²) in [4.78, 5) is 26.0. The Morgan fingerprint density at radius 3 is 2.58 bits per heavy atom. The molecule has 2 rings (SSSR count). The van der Waals surface area contributed by atoms with Crippen LogP contribution in [0.4, 0.5) is 0 Å². The summed E-state index contributed by atoms with van der Waals surface area (Å²) in [6.07, 6.45) is 3.42. The molecule has 0 aliphatic heterocycles. The molecule has 2 aromatic rings. The highest BCUT2D eigenvalue weighted by Crippen LogP contribution is 2.13. The van der Waals surface area contributed by atoms with Crippen molar-refractivity contribution in [2.75, 3.05) is 20.6 Å². The second kappa shape index (κ2) is 8.26. The van der Waals surface area contributed by atoms with E-state index in [1.807, 2.05) is 30.3 Å². The van der Waals surface area contributed by atoms with Crippen molar-refractivity contribution in [1.82, 2.24) is 25.3 Å². The predicted octanol–water partition coefficient (Wildman–Crippen LogP) is 0.455. The number of aromatic nitrogens is 2. The molecule has 0 bridgehead atoms. The minimum atomic E-state index is -0.523. The number of rotatable bonds is 7. The fraction of sp³-hybridized carbons (Fsp3) is 0.353. The SMILES string of the molecule is CNC(C(=O)N(C)CC(=O)NCc1ccccc1)c1cnn(C)c1. The smallest absolute Gasteiger partial charge is 0.244 e. The van der Waals surface area contributed by atoms with E-state index < -0.39 is 6.04 Å². The number of benzene rings is 1. The summed E-state index contributed by atoms with van der Waals surface area (Å²) in [6, 6.07) is 9.12. The summed E-state index contributed by atoms with van der Waals surface area (Å²) in [5.74, 6) is -0.379. The van der Waals surface area contributed by atoms with Crippen LogP contribution < -0.4 is 10.6 Å². The number of nitrogens with zero attached hydrogens (tertiary/aromatic N) is 3. The lowest BCUT2D eigenvalue weighted by Crippen LogP contribution is -2.42. The van der Waals surface area contributed by atoms with Gasteiger partial charge in [-0.15, -0.1) is 0 Å². The van der Waals surface area contributed by atoms with Crippen molar-refractivity contribution in [2.24, 2.45) is 7.05 Å². The summed E-state index contributed by atoms with van der Waals surface area (Å²) >= 11 is 0. The Balaban J connectivity index is 1.89. The number of amides is 2. The molecule has 0 fully saturated rings. The molecule has 128 valence electrons. The Morgan fingerprint density at radius 2 is 2.00 bits per heavy atom. The van der Waals surface area contributed by atoms with Crippen molar-refractivity contribution in [1.29, 1.82) is 0 Å². The maximum absolute atomic E-state index is 12.5. The van der Waals surface area contributed by atoms with Gasteiger partial charge in [-0.3, -0.25) is 14.3 Å². The van der Waals surface area contributed by atoms with Crippen LogP contribution in [0.3, 0.4) is 0 Å². The maximum Gasteiger partial charge on any atom is 0.244 e. The molecule has 1 heterocycles. The highest BCUT2D eigenvalue weighted by Gasteiger charge is 2.24. The van der Waals surface area contributed by atoms with E-state index in [1.165, 1.54) is 4.90 Å². The minimum absolute atomic E-state index is 0.00408. The number of likely N-dealkylation sites (N-methyl/N-ethyl adjacent to an activating group) is 2. The third kappa shape index (κ3) is 4.66. The van der Waals surface area contributed by atoms with Crippen LogP contribution in [0.15, 0.2) is 42.7 Å². The van der Waals surface area contributed by atoms with Crippen LogP contribution in [0.1, 0.15) is 17.2 Å². The van der Waals surface area contributed by atoms with Gasteiger partial charge in [-0.1, -0.05) is 30.3 Å².